The van der Waals surface area contributed by atoms with E-state index >= 15 is 0 Å². The Kier molecular flexibility index (Phi) is 5.14. The second-order valence-electron chi connectivity index (χ2n) is 5.87. The first-order valence-corrected chi connectivity index (χ1v) is 6.46. The van der Waals surface area contributed by atoms with Crippen LogP contribution in [-0.2, 0) is 14.3 Å². The van der Waals surface area contributed by atoms with Crippen molar-refractivity contribution < 1.29 is 19.4 Å². The molecule has 2 unspecified atom stereocenters. The van der Waals surface area contributed by atoms with Gasteiger partial charge >= 0.3 is 11.9 Å². The Morgan fingerprint density at radius 2 is 2.11 bits per heavy atom. The topological polar surface area (TPSA) is 75.6 Å². The number of hydrogen-bond acceptors (Lipinski definition) is 4. The molecule has 0 saturated carbocycles. The van der Waals surface area contributed by atoms with Crippen molar-refractivity contribution in [3.05, 3.63) is 0 Å². The highest BCUT2D eigenvalue weighted by molar-refractivity contribution is 5.94. The summed E-state index contributed by atoms with van der Waals surface area (Å²) in [5.41, 5.74) is -0.643. The third-order valence-electron chi connectivity index (χ3n) is 2.96. The summed E-state index contributed by atoms with van der Waals surface area (Å²) >= 11 is 0. The molecular weight excluding hydrogens is 234 g/mol. The van der Waals surface area contributed by atoms with E-state index in [4.69, 9.17) is 9.84 Å². The molecular formula is C13H23NO4. The minimum atomic E-state index is -1.09. The fraction of sp³-hybridized carbons (Fsp3) is 0.846. The predicted octanol–water partition coefficient (Wildman–Crippen LogP) is 1.42. The summed E-state index contributed by atoms with van der Waals surface area (Å²) in [4.78, 5) is 23.0. The summed E-state index contributed by atoms with van der Waals surface area (Å²) in [5, 5.41) is 12.4. The first-order valence-electron chi connectivity index (χ1n) is 6.46. The van der Waals surface area contributed by atoms with E-state index in [1.165, 1.54) is 0 Å². The molecule has 0 spiro atoms. The molecule has 1 aliphatic heterocycles. The molecule has 5 heteroatoms. The number of rotatable bonds is 4. The van der Waals surface area contributed by atoms with Gasteiger partial charge in [0.2, 0.25) is 0 Å². The molecule has 5 nitrogen and oxygen atoms in total. The molecule has 0 radical (unpaired) electrons. The Morgan fingerprint density at radius 3 is 2.56 bits per heavy atom. The first kappa shape index (κ1) is 15.0. The summed E-state index contributed by atoms with van der Waals surface area (Å²) in [6, 6.07) is 0. The van der Waals surface area contributed by atoms with Crippen molar-refractivity contribution in [1.29, 1.82) is 0 Å². The number of piperidine rings is 1. The van der Waals surface area contributed by atoms with Gasteiger partial charge in [-0.2, -0.15) is 0 Å². The predicted molar refractivity (Wildman–Crippen MR) is 67.2 cm³/mol. The molecule has 0 aliphatic carbocycles. The summed E-state index contributed by atoms with van der Waals surface area (Å²) in [5.74, 6) is -2.52. The van der Waals surface area contributed by atoms with E-state index in [9.17, 15) is 9.59 Å². The van der Waals surface area contributed by atoms with Gasteiger partial charge in [-0.15, -0.1) is 0 Å². The monoisotopic (exact) mass is 257 g/mol. The second kappa shape index (κ2) is 6.18. The van der Waals surface area contributed by atoms with Crippen molar-refractivity contribution in [1.82, 2.24) is 5.32 Å². The van der Waals surface area contributed by atoms with Crippen molar-refractivity contribution in [2.45, 2.75) is 45.6 Å². The number of carbonyl (C=O) groups is 2. The molecule has 18 heavy (non-hydrogen) atoms. The Hall–Kier alpha value is -1.10. The number of carboxylic acid groups (broad SMARTS) is 1. The van der Waals surface area contributed by atoms with Gasteiger partial charge in [-0.25, -0.2) is 0 Å². The smallest absolute Gasteiger partial charge is 0.320 e. The van der Waals surface area contributed by atoms with Crippen LogP contribution in [0.4, 0.5) is 0 Å². The van der Waals surface area contributed by atoms with E-state index in [0.29, 0.717) is 6.42 Å². The van der Waals surface area contributed by atoms with Gasteiger partial charge in [-0.1, -0.05) is 0 Å². The highest BCUT2D eigenvalue weighted by Gasteiger charge is 2.33. The highest BCUT2D eigenvalue weighted by Crippen LogP contribution is 2.22. The van der Waals surface area contributed by atoms with Gasteiger partial charge in [0.1, 0.15) is 5.60 Å². The average molecular weight is 257 g/mol. The van der Waals surface area contributed by atoms with Crippen LogP contribution >= 0.6 is 0 Å². The number of ether oxygens (including phenoxy) is 1. The maximum atomic E-state index is 11.9. The normalized spacial score (nSPS) is 22.3. The van der Waals surface area contributed by atoms with Crippen LogP contribution < -0.4 is 5.32 Å². The van der Waals surface area contributed by atoms with Crippen molar-refractivity contribution in [3.8, 4) is 0 Å². The molecule has 0 amide bonds. The molecule has 1 fully saturated rings. The zero-order valence-electron chi connectivity index (χ0n) is 11.4. The molecule has 0 bridgehead atoms. The third-order valence-corrected chi connectivity index (χ3v) is 2.96. The molecule has 1 saturated heterocycles. The Bertz CT molecular complexity index is 303. The van der Waals surface area contributed by atoms with Crippen LogP contribution in [0.3, 0.4) is 0 Å². The van der Waals surface area contributed by atoms with E-state index in [0.717, 1.165) is 25.9 Å². The van der Waals surface area contributed by atoms with Gasteiger partial charge < -0.3 is 15.2 Å². The van der Waals surface area contributed by atoms with Crippen LogP contribution in [0.5, 0.6) is 0 Å². The van der Waals surface area contributed by atoms with Crippen molar-refractivity contribution in [2.75, 3.05) is 13.1 Å². The van der Waals surface area contributed by atoms with E-state index in [-0.39, 0.29) is 5.92 Å². The summed E-state index contributed by atoms with van der Waals surface area (Å²) in [6.45, 7) is 6.98. The Balaban J connectivity index is 2.58. The number of carbonyl (C=O) groups excluding carboxylic acids is 1. The summed E-state index contributed by atoms with van der Waals surface area (Å²) in [6.07, 6.45) is 2.36. The van der Waals surface area contributed by atoms with Crippen LogP contribution in [0, 0.1) is 11.8 Å². The molecule has 0 aromatic heterocycles. The van der Waals surface area contributed by atoms with Crippen LogP contribution in [0.15, 0.2) is 0 Å². The van der Waals surface area contributed by atoms with Crippen LogP contribution in [-0.4, -0.2) is 35.7 Å². The number of nitrogens with one attached hydrogen (secondary N) is 1. The number of aliphatic carboxylic acids is 1. The van der Waals surface area contributed by atoms with E-state index in [2.05, 4.69) is 5.32 Å². The number of hydrogen-bond donors (Lipinski definition) is 2. The lowest BCUT2D eigenvalue weighted by atomic mass is 9.89. The lowest BCUT2D eigenvalue weighted by Gasteiger charge is -2.27. The molecule has 1 rings (SSSR count). The van der Waals surface area contributed by atoms with Gasteiger partial charge in [0.15, 0.2) is 5.92 Å². The minimum Gasteiger partial charge on any atom is -0.481 e. The van der Waals surface area contributed by atoms with E-state index in [1.807, 2.05) is 0 Å². The molecule has 1 heterocycles. The summed E-state index contributed by atoms with van der Waals surface area (Å²) < 4.78 is 5.16. The van der Waals surface area contributed by atoms with Crippen LogP contribution in [0.2, 0.25) is 0 Å². The highest BCUT2D eigenvalue weighted by atomic mass is 16.6. The number of carboxylic acids is 1. The lowest BCUT2D eigenvalue weighted by molar-refractivity contribution is -0.167. The first-order chi connectivity index (χ1) is 8.29. The van der Waals surface area contributed by atoms with Crippen LogP contribution in [0.25, 0.3) is 0 Å². The standard InChI is InChI=1S/C13H23NO4/c1-13(2,3)18-12(17)10(11(15)16)7-9-5-4-6-14-8-9/h9-10,14H,4-8H2,1-3H3,(H,15,16). The Morgan fingerprint density at radius 1 is 1.44 bits per heavy atom. The van der Waals surface area contributed by atoms with Gasteiger partial charge in [0.05, 0.1) is 0 Å². The van der Waals surface area contributed by atoms with Crippen molar-refractivity contribution >= 4 is 11.9 Å². The van der Waals surface area contributed by atoms with Crippen LogP contribution in [0.1, 0.15) is 40.0 Å². The van der Waals surface area contributed by atoms with Gasteiger partial charge in [0, 0.05) is 0 Å². The number of esters is 1. The van der Waals surface area contributed by atoms with E-state index < -0.39 is 23.5 Å². The zero-order chi connectivity index (χ0) is 13.8. The molecule has 0 aromatic carbocycles. The largest absolute Gasteiger partial charge is 0.481 e. The maximum Gasteiger partial charge on any atom is 0.320 e. The second-order valence-corrected chi connectivity index (χ2v) is 5.87. The zero-order valence-corrected chi connectivity index (χ0v) is 11.4. The Labute approximate surface area is 108 Å². The average Bonchev–Trinajstić information content (AvgIpc) is 2.24. The van der Waals surface area contributed by atoms with Crippen molar-refractivity contribution in [2.24, 2.45) is 11.8 Å². The molecule has 0 aromatic rings. The fourth-order valence-electron chi connectivity index (χ4n) is 2.13. The van der Waals surface area contributed by atoms with Gasteiger partial charge in [0.25, 0.3) is 0 Å². The third kappa shape index (κ3) is 5.04. The van der Waals surface area contributed by atoms with E-state index in [1.54, 1.807) is 20.8 Å². The van der Waals surface area contributed by atoms with Gasteiger partial charge in [-0.3, -0.25) is 9.59 Å². The van der Waals surface area contributed by atoms with Gasteiger partial charge in [-0.05, 0) is 59.0 Å². The molecule has 2 N–H and O–H groups in total. The van der Waals surface area contributed by atoms with Crippen molar-refractivity contribution in [3.63, 3.8) is 0 Å². The molecule has 2 atom stereocenters. The summed E-state index contributed by atoms with van der Waals surface area (Å²) in [7, 11) is 0. The fourth-order valence-corrected chi connectivity index (χ4v) is 2.13. The maximum absolute atomic E-state index is 11.9. The lowest BCUT2D eigenvalue weighted by Crippen LogP contribution is -2.37. The quantitative estimate of drug-likeness (QED) is 0.588. The molecule has 1 aliphatic rings. The SMILES string of the molecule is CC(C)(C)OC(=O)C(CC1CCCNC1)C(=O)O. The molecule has 104 valence electrons. The minimum absolute atomic E-state index is 0.243.